The fourth-order valence-electron chi connectivity index (χ4n) is 2.45. The lowest BCUT2D eigenvalue weighted by Gasteiger charge is -2.28. The average molecular weight is 279 g/mol. The van der Waals surface area contributed by atoms with E-state index < -0.39 is 0 Å². The minimum Gasteiger partial charge on any atom is -0.474 e. The molecule has 1 N–H and O–H groups in total. The van der Waals surface area contributed by atoms with E-state index in [-0.39, 0.29) is 6.10 Å². The zero-order valence-electron chi connectivity index (χ0n) is 12.7. The first-order valence-electron chi connectivity index (χ1n) is 7.50. The van der Waals surface area contributed by atoms with Crippen LogP contribution in [0.3, 0.4) is 0 Å². The smallest absolute Gasteiger partial charge is 0.225 e. The number of methoxy groups -OCH3 is 1. The maximum absolute atomic E-state index is 6.07. The summed E-state index contributed by atoms with van der Waals surface area (Å²) >= 11 is 0. The van der Waals surface area contributed by atoms with Crippen molar-refractivity contribution in [1.82, 2.24) is 9.97 Å². The number of nitrogens with zero attached hydrogens (tertiary/aromatic N) is 2. The normalized spacial score (nSPS) is 22.6. The minimum absolute atomic E-state index is 0.196. The fraction of sp³-hybridized carbons (Fsp3) is 0.733. The van der Waals surface area contributed by atoms with Crippen LogP contribution in [0, 0.1) is 6.92 Å². The Labute approximate surface area is 121 Å². The van der Waals surface area contributed by atoms with Crippen molar-refractivity contribution < 1.29 is 9.47 Å². The van der Waals surface area contributed by atoms with Gasteiger partial charge in [-0.05, 0) is 32.6 Å². The highest BCUT2D eigenvalue weighted by atomic mass is 16.5. The summed E-state index contributed by atoms with van der Waals surface area (Å²) in [6, 6.07) is 0. The van der Waals surface area contributed by atoms with Crippen LogP contribution in [0.25, 0.3) is 0 Å². The maximum atomic E-state index is 6.07. The molecule has 0 bridgehead atoms. The number of ether oxygens (including phenoxy) is 2. The Morgan fingerprint density at radius 2 is 2.15 bits per heavy atom. The lowest BCUT2D eigenvalue weighted by molar-refractivity contribution is 0.0193. The maximum Gasteiger partial charge on any atom is 0.225 e. The molecule has 20 heavy (non-hydrogen) atoms. The van der Waals surface area contributed by atoms with E-state index in [0.29, 0.717) is 17.9 Å². The summed E-state index contributed by atoms with van der Waals surface area (Å²) in [5, 5.41) is 3.19. The zero-order valence-corrected chi connectivity index (χ0v) is 12.7. The predicted molar refractivity (Wildman–Crippen MR) is 79.2 cm³/mol. The van der Waals surface area contributed by atoms with Crippen LogP contribution in [-0.4, -0.2) is 35.8 Å². The molecule has 5 heteroatoms. The van der Waals surface area contributed by atoms with Crippen LogP contribution < -0.4 is 10.1 Å². The van der Waals surface area contributed by atoms with E-state index in [2.05, 4.69) is 22.2 Å². The van der Waals surface area contributed by atoms with E-state index in [1.54, 1.807) is 7.11 Å². The van der Waals surface area contributed by atoms with Crippen LogP contribution in [0.15, 0.2) is 6.20 Å². The third-order valence-corrected chi connectivity index (χ3v) is 3.65. The van der Waals surface area contributed by atoms with Crippen molar-refractivity contribution >= 4 is 5.95 Å². The molecule has 1 saturated carbocycles. The summed E-state index contributed by atoms with van der Waals surface area (Å²) in [6.45, 7) is 4.97. The third-order valence-electron chi connectivity index (χ3n) is 3.65. The first-order valence-corrected chi connectivity index (χ1v) is 7.50. The van der Waals surface area contributed by atoms with Crippen LogP contribution in [-0.2, 0) is 4.74 Å². The van der Waals surface area contributed by atoms with Crippen LogP contribution in [0.4, 0.5) is 5.95 Å². The first kappa shape index (κ1) is 15.0. The van der Waals surface area contributed by atoms with Gasteiger partial charge in [-0.15, -0.1) is 0 Å². The van der Waals surface area contributed by atoms with Gasteiger partial charge in [0.05, 0.1) is 6.10 Å². The highest BCUT2D eigenvalue weighted by molar-refractivity contribution is 5.32. The van der Waals surface area contributed by atoms with Crippen molar-refractivity contribution in [3.63, 3.8) is 0 Å². The van der Waals surface area contributed by atoms with Crippen LogP contribution in [0.1, 0.15) is 44.6 Å². The number of rotatable bonds is 6. The molecule has 112 valence electrons. The Balaban J connectivity index is 2.00. The third kappa shape index (κ3) is 4.07. The van der Waals surface area contributed by atoms with Crippen molar-refractivity contribution in [2.24, 2.45) is 0 Å². The molecule has 2 atom stereocenters. The highest BCUT2D eigenvalue weighted by Gasteiger charge is 2.24. The number of aryl methyl sites for hydroxylation is 1. The molecule has 1 aromatic heterocycles. The molecule has 0 radical (unpaired) electrons. The molecular weight excluding hydrogens is 254 g/mol. The summed E-state index contributed by atoms with van der Waals surface area (Å²) in [5.74, 6) is 1.34. The number of nitrogens with one attached hydrogen (secondary N) is 1. The second kappa shape index (κ2) is 7.43. The Kier molecular flexibility index (Phi) is 5.59. The van der Waals surface area contributed by atoms with Gasteiger partial charge in [0, 0.05) is 31.8 Å². The minimum atomic E-state index is 0.196. The van der Waals surface area contributed by atoms with Gasteiger partial charge in [0.15, 0.2) is 0 Å². The van der Waals surface area contributed by atoms with Crippen molar-refractivity contribution in [1.29, 1.82) is 0 Å². The molecule has 1 aromatic rings. The van der Waals surface area contributed by atoms with Gasteiger partial charge < -0.3 is 14.8 Å². The van der Waals surface area contributed by atoms with Crippen molar-refractivity contribution in [2.75, 3.05) is 19.0 Å². The van der Waals surface area contributed by atoms with Gasteiger partial charge in [0.1, 0.15) is 6.10 Å². The topological polar surface area (TPSA) is 56.3 Å². The summed E-state index contributed by atoms with van der Waals surface area (Å²) in [5.41, 5.74) is 0.978. The summed E-state index contributed by atoms with van der Waals surface area (Å²) < 4.78 is 11.5. The van der Waals surface area contributed by atoms with E-state index in [9.17, 15) is 0 Å². The van der Waals surface area contributed by atoms with Crippen LogP contribution in [0.2, 0.25) is 0 Å². The molecule has 0 aromatic carbocycles. The van der Waals surface area contributed by atoms with Gasteiger partial charge in [0.25, 0.3) is 0 Å². The Morgan fingerprint density at radius 3 is 2.90 bits per heavy atom. The Hall–Kier alpha value is -1.36. The Morgan fingerprint density at radius 1 is 1.35 bits per heavy atom. The molecule has 1 heterocycles. The average Bonchev–Trinajstić information content (AvgIpc) is 2.48. The molecule has 5 nitrogen and oxygen atoms in total. The van der Waals surface area contributed by atoms with E-state index in [0.717, 1.165) is 44.2 Å². The second-order valence-corrected chi connectivity index (χ2v) is 5.37. The highest BCUT2D eigenvalue weighted by Crippen LogP contribution is 2.26. The summed E-state index contributed by atoms with van der Waals surface area (Å²) in [7, 11) is 1.77. The van der Waals surface area contributed by atoms with E-state index >= 15 is 0 Å². The SMILES string of the molecule is CCCNc1ncc(C)c(OC2CCCC(OC)C2)n1. The largest absolute Gasteiger partial charge is 0.474 e. The monoisotopic (exact) mass is 279 g/mol. The molecule has 1 fully saturated rings. The quantitative estimate of drug-likeness (QED) is 0.867. The fourth-order valence-corrected chi connectivity index (χ4v) is 2.45. The lowest BCUT2D eigenvalue weighted by atomic mass is 9.95. The van der Waals surface area contributed by atoms with Gasteiger partial charge >= 0.3 is 0 Å². The Bertz CT molecular complexity index is 426. The van der Waals surface area contributed by atoms with Gasteiger partial charge in [-0.3, -0.25) is 0 Å². The number of hydrogen-bond acceptors (Lipinski definition) is 5. The first-order chi connectivity index (χ1) is 9.72. The summed E-state index contributed by atoms with van der Waals surface area (Å²) in [6.07, 6.45) is 7.66. The molecule has 0 saturated heterocycles. The van der Waals surface area contributed by atoms with Crippen LogP contribution in [0.5, 0.6) is 5.88 Å². The molecule has 0 spiro atoms. The number of aromatic nitrogens is 2. The van der Waals surface area contributed by atoms with Gasteiger partial charge in [-0.2, -0.15) is 4.98 Å². The van der Waals surface area contributed by atoms with Crippen molar-refractivity contribution in [3.8, 4) is 5.88 Å². The number of hydrogen-bond donors (Lipinski definition) is 1. The molecule has 0 aliphatic heterocycles. The van der Waals surface area contributed by atoms with Gasteiger partial charge in [-0.1, -0.05) is 6.92 Å². The standard InChI is InChI=1S/C15H25N3O2/c1-4-8-16-15-17-10-11(2)14(18-15)20-13-7-5-6-12(9-13)19-3/h10,12-13H,4-9H2,1-3H3,(H,16,17,18). The molecule has 0 amide bonds. The van der Waals surface area contributed by atoms with Crippen LogP contribution >= 0.6 is 0 Å². The molecular formula is C15H25N3O2. The van der Waals surface area contributed by atoms with Crippen molar-refractivity contribution in [2.45, 2.75) is 58.2 Å². The molecule has 1 aliphatic rings. The predicted octanol–water partition coefficient (Wildman–Crippen LogP) is 2.94. The van der Waals surface area contributed by atoms with Gasteiger partial charge in [0.2, 0.25) is 11.8 Å². The molecule has 2 unspecified atom stereocenters. The zero-order chi connectivity index (χ0) is 14.4. The number of anilines is 1. The van der Waals surface area contributed by atoms with E-state index in [4.69, 9.17) is 9.47 Å². The van der Waals surface area contributed by atoms with Crippen molar-refractivity contribution in [3.05, 3.63) is 11.8 Å². The summed E-state index contributed by atoms with van der Waals surface area (Å²) in [4.78, 5) is 8.74. The second-order valence-electron chi connectivity index (χ2n) is 5.37. The van der Waals surface area contributed by atoms with Gasteiger partial charge in [-0.25, -0.2) is 4.98 Å². The van der Waals surface area contributed by atoms with E-state index in [1.165, 1.54) is 0 Å². The lowest BCUT2D eigenvalue weighted by Crippen LogP contribution is -2.30. The molecule has 2 rings (SSSR count). The van der Waals surface area contributed by atoms with E-state index in [1.807, 2.05) is 13.1 Å². The molecule has 1 aliphatic carbocycles.